The van der Waals surface area contributed by atoms with E-state index in [0.29, 0.717) is 46.8 Å². The van der Waals surface area contributed by atoms with Crippen molar-refractivity contribution in [3.05, 3.63) is 50.1 Å². The monoisotopic (exact) mass is 652 g/mol. The molecule has 0 saturated heterocycles. The van der Waals surface area contributed by atoms with Gasteiger partial charge in [0, 0.05) is 18.8 Å². The fourth-order valence-electron chi connectivity index (χ4n) is 3.65. The first kappa shape index (κ1) is 32.0. The third-order valence-corrected chi connectivity index (χ3v) is 6.07. The highest BCUT2D eigenvalue weighted by molar-refractivity contribution is 14.1. The highest BCUT2D eigenvalue weighted by Crippen LogP contribution is 2.34. The summed E-state index contributed by atoms with van der Waals surface area (Å²) in [6, 6.07) is 7.46. The van der Waals surface area contributed by atoms with Crippen LogP contribution in [0.15, 0.2) is 29.4 Å². The number of carbonyl (C=O) groups is 3. The molecule has 0 heterocycles. The largest absolute Gasteiger partial charge is 0.490 e. The van der Waals surface area contributed by atoms with Crippen molar-refractivity contribution in [2.24, 2.45) is 5.10 Å². The average molecular weight is 653 g/mol. The molecule has 0 radical (unpaired) electrons. The minimum Gasteiger partial charge on any atom is -0.490 e. The lowest BCUT2D eigenvalue weighted by Gasteiger charge is -2.16. The Labute approximate surface area is 243 Å². The number of benzene rings is 2. The Morgan fingerprint density at radius 1 is 1.03 bits per heavy atom. The summed E-state index contributed by atoms with van der Waals surface area (Å²) in [6.07, 6.45) is 2.11. The number of anilines is 1. The summed E-state index contributed by atoms with van der Waals surface area (Å²) in [6.45, 7) is 12.6. The van der Waals surface area contributed by atoms with Gasteiger partial charge in [-0.15, -0.1) is 0 Å². The van der Waals surface area contributed by atoms with Crippen LogP contribution in [-0.4, -0.2) is 56.4 Å². The number of hydrogen-bond donors (Lipinski definition) is 3. The van der Waals surface area contributed by atoms with E-state index in [1.807, 2.05) is 53.7 Å². The van der Waals surface area contributed by atoms with Crippen molar-refractivity contribution < 1.29 is 28.6 Å². The smallest absolute Gasteiger partial charge is 0.329 e. The highest BCUT2D eigenvalue weighted by Gasteiger charge is 2.16. The van der Waals surface area contributed by atoms with E-state index in [1.165, 1.54) is 6.21 Å². The Morgan fingerprint density at radius 3 is 2.36 bits per heavy atom. The second-order valence-electron chi connectivity index (χ2n) is 9.10. The Morgan fingerprint density at radius 2 is 1.72 bits per heavy atom. The normalized spacial score (nSPS) is 11.0. The molecule has 0 spiro atoms. The van der Waals surface area contributed by atoms with Crippen molar-refractivity contribution in [3.8, 4) is 11.5 Å². The predicted molar refractivity (Wildman–Crippen MR) is 160 cm³/mol. The Hall–Kier alpha value is -3.19. The molecule has 3 N–H and O–H groups in total. The minimum atomic E-state index is -0.874. The summed E-state index contributed by atoms with van der Waals surface area (Å²) in [5, 5.41) is 9.31. The van der Waals surface area contributed by atoms with Crippen molar-refractivity contribution in [2.45, 2.75) is 54.1 Å². The van der Waals surface area contributed by atoms with Crippen molar-refractivity contribution in [2.75, 3.05) is 31.7 Å². The average Bonchev–Trinajstić information content (AvgIpc) is 2.85. The lowest BCUT2D eigenvalue weighted by molar-refractivity contribution is -0.139. The van der Waals surface area contributed by atoms with Gasteiger partial charge in [-0.25, -0.2) is 5.43 Å². The van der Waals surface area contributed by atoms with E-state index < -0.39 is 11.8 Å². The Balaban J connectivity index is 1.97. The molecule has 2 aromatic carbocycles. The maximum atomic E-state index is 12.6. The molecule has 0 bridgehead atoms. The molecule has 2 rings (SSSR count). The van der Waals surface area contributed by atoms with Gasteiger partial charge in [0.1, 0.15) is 0 Å². The second-order valence-corrected chi connectivity index (χ2v) is 10.3. The number of amides is 3. The van der Waals surface area contributed by atoms with Crippen LogP contribution in [0.4, 0.5) is 5.69 Å². The van der Waals surface area contributed by atoms with Crippen LogP contribution in [0, 0.1) is 24.3 Å². The number of nitrogens with zero attached hydrogens (tertiary/aromatic N) is 1. The number of nitrogens with one attached hydrogen (secondary N) is 3. The van der Waals surface area contributed by atoms with Crippen LogP contribution in [-0.2, 0) is 19.1 Å². The highest BCUT2D eigenvalue weighted by atomic mass is 127. The zero-order valence-electron chi connectivity index (χ0n) is 23.3. The van der Waals surface area contributed by atoms with E-state index in [-0.39, 0.29) is 18.6 Å². The molecule has 0 atom stereocenters. The van der Waals surface area contributed by atoms with Gasteiger partial charge in [-0.2, -0.15) is 5.10 Å². The SMILES string of the molecule is CCOc1cc(/C=N\NC(=O)C(=O)NCCCOC(C)C)cc(I)c1OCC(=O)Nc1c(C)cc(C)cc1C. The Bertz CT molecular complexity index is 1180. The number of ether oxygens (including phenoxy) is 3. The summed E-state index contributed by atoms with van der Waals surface area (Å²) in [5.74, 6) is -1.09. The maximum Gasteiger partial charge on any atom is 0.329 e. The van der Waals surface area contributed by atoms with Crippen LogP contribution >= 0.6 is 22.6 Å². The molecule has 3 amide bonds. The fourth-order valence-corrected chi connectivity index (χ4v) is 4.43. The van der Waals surface area contributed by atoms with Gasteiger partial charge in [-0.3, -0.25) is 14.4 Å². The standard InChI is InChI=1S/C28H37IN4O6/c1-7-37-23-14-21(15-31-33-28(36)27(35)30-9-8-10-38-17(2)3)13-22(29)26(23)39-16-24(34)32-25-19(5)11-18(4)12-20(25)6/h11-15,17H,7-10,16H2,1-6H3,(H,30,35)(H,32,34)(H,33,36)/b31-15-. The molecule has 0 saturated carbocycles. The molecular formula is C28H37IN4O6. The van der Waals surface area contributed by atoms with Gasteiger partial charge in [0.05, 0.1) is 22.5 Å². The number of aryl methyl sites for hydroxylation is 3. The topological polar surface area (TPSA) is 127 Å². The fraction of sp³-hybridized carbons (Fsp3) is 0.429. The molecule has 10 nitrogen and oxygen atoms in total. The lowest BCUT2D eigenvalue weighted by atomic mass is 10.1. The number of hydrogen-bond acceptors (Lipinski definition) is 7. The second kappa shape index (κ2) is 16.0. The van der Waals surface area contributed by atoms with Gasteiger partial charge < -0.3 is 24.8 Å². The van der Waals surface area contributed by atoms with E-state index in [1.54, 1.807) is 12.1 Å². The number of rotatable bonds is 13. The molecule has 0 aromatic heterocycles. The van der Waals surface area contributed by atoms with Crippen molar-refractivity contribution >= 4 is 52.2 Å². The first-order valence-electron chi connectivity index (χ1n) is 12.7. The van der Waals surface area contributed by atoms with E-state index in [4.69, 9.17) is 14.2 Å². The lowest BCUT2D eigenvalue weighted by Crippen LogP contribution is -2.38. The van der Waals surface area contributed by atoms with Gasteiger partial charge >= 0.3 is 11.8 Å². The zero-order valence-corrected chi connectivity index (χ0v) is 25.4. The van der Waals surface area contributed by atoms with Gasteiger partial charge in [-0.05, 0) is 99.4 Å². The van der Waals surface area contributed by atoms with Crippen LogP contribution < -0.4 is 25.5 Å². The number of halogens is 1. The molecule has 0 aliphatic heterocycles. The van der Waals surface area contributed by atoms with Crippen LogP contribution in [0.1, 0.15) is 49.4 Å². The summed E-state index contributed by atoms with van der Waals surface area (Å²) in [5.41, 5.74) is 6.69. The van der Waals surface area contributed by atoms with Gasteiger partial charge in [0.25, 0.3) is 5.91 Å². The van der Waals surface area contributed by atoms with Crippen LogP contribution in [0.2, 0.25) is 0 Å². The molecule has 0 unspecified atom stereocenters. The first-order valence-corrected chi connectivity index (χ1v) is 13.8. The number of carbonyl (C=O) groups excluding carboxylic acids is 3. The van der Waals surface area contributed by atoms with Crippen LogP contribution in [0.25, 0.3) is 0 Å². The van der Waals surface area contributed by atoms with Gasteiger partial charge in [-0.1, -0.05) is 17.7 Å². The Kier molecular flexibility index (Phi) is 13.2. The third kappa shape index (κ3) is 10.8. The molecular weight excluding hydrogens is 615 g/mol. The van der Waals surface area contributed by atoms with Crippen LogP contribution in [0.5, 0.6) is 11.5 Å². The van der Waals surface area contributed by atoms with Gasteiger partial charge in [0.2, 0.25) is 0 Å². The first-order chi connectivity index (χ1) is 18.5. The molecule has 0 aliphatic rings. The summed E-state index contributed by atoms with van der Waals surface area (Å²) >= 11 is 2.08. The van der Waals surface area contributed by atoms with E-state index in [0.717, 1.165) is 22.4 Å². The summed E-state index contributed by atoms with van der Waals surface area (Å²) in [4.78, 5) is 36.5. The summed E-state index contributed by atoms with van der Waals surface area (Å²) < 4.78 is 17.6. The van der Waals surface area contributed by atoms with E-state index >= 15 is 0 Å². The molecule has 0 aliphatic carbocycles. The van der Waals surface area contributed by atoms with E-state index in [9.17, 15) is 14.4 Å². The molecule has 2 aromatic rings. The minimum absolute atomic E-state index is 0.113. The number of hydrazone groups is 1. The van der Waals surface area contributed by atoms with Crippen LogP contribution in [0.3, 0.4) is 0 Å². The predicted octanol–water partition coefficient (Wildman–Crippen LogP) is 4.01. The third-order valence-electron chi connectivity index (χ3n) is 5.26. The summed E-state index contributed by atoms with van der Waals surface area (Å²) in [7, 11) is 0. The molecule has 212 valence electrons. The van der Waals surface area contributed by atoms with Crippen molar-refractivity contribution in [3.63, 3.8) is 0 Å². The molecule has 39 heavy (non-hydrogen) atoms. The maximum absolute atomic E-state index is 12.6. The molecule has 0 fully saturated rings. The van der Waals surface area contributed by atoms with Gasteiger partial charge in [0.15, 0.2) is 18.1 Å². The zero-order chi connectivity index (χ0) is 28.9. The van der Waals surface area contributed by atoms with E-state index in [2.05, 4.69) is 43.8 Å². The molecule has 11 heteroatoms. The van der Waals surface area contributed by atoms with Crippen molar-refractivity contribution in [1.29, 1.82) is 0 Å². The quantitative estimate of drug-likeness (QED) is 0.0987. The van der Waals surface area contributed by atoms with Crippen molar-refractivity contribution in [1.82, 2.24) is 10.7 Å².